The first kappa shape index (κ1) is 20.3. The van der Waals surface area contributed by atoms with Crippen LogP contribution in [0.2, 0.25) is 0 Å². The van der Waals surface area contributed by atoms with Crippen LogP contribution < -0.4 is 15.6 Å². The van der Waals surface area contributed by atoms with Crippen LogP contribution in [0.3, 0.4) is 0 Å². The molecule has 0 bridgehead atoms. The lowest BCUT2D eigenvalue weighted by molar-refractivity contribution is -0.117. The molecule has 0 aliphatic rings. The Bertz CT molecular complexity index is 1350. The fraction of sp³-hybridized carbons (Fsp3) is 0.217. The summed E-state index contributed by atoms with van der Waals surface area (Å²) in [6, 6.07) is 13.0. The zero-order valence-corrected chi connectivity index (χ0v) is 17.8. The third kappa shape index (κ3) is 3.79. The number of anilines is 1. The Kier molecular flexibility index (Phi) is 5.29. The number of methoxy groups -OCH3 is 1. The van der Waals surface area contributed by atoms with E-state index in [1.54, 1.807) is 36.0 Å². The van der Waals surface area contributed by atoms with Gasteiger partial charge in [-0.05, 0) is 56.2 Å². The fourth-order valence-corrected chi connectivity index (χ4v) is 3.46. The summed E-state index contributed by atoms with van der Waals surface area (Å²) in [6.07, 6.45) is 1.63. The SMILES string of the molecule is COc1ccccc1NC(=O)Cn1nc(C)c2cnn(-c3ccc(C)c(C)c3)c2c1=O. The van der Waals surface area contributed by atoms with Gasteiger partial charge in [-0.15, -0.1) is 0 Å². The molecule has 0 radical (unpaired) electrons. The molecule has 0 aliphatic heterocycles. The number of benzene rings is 2. The molecule has 2 aromatic carbocycles. The van der Waals surface area contributed by atoms with Crippen LogP contribution in [-0.2, 0) is 11.3 Å². The number of ether oxygens (including phenoxy) is 1. The number of nitrogens with one attached hydrogen (secondary N) is 1. The van der Waals surface area contributed by atoms with Gasteiger partial charge in [-0.3, -0.25) is 9.59 Å². The highest BCUT2D eigenvalue weighted by molar-refractivity contribution is 5.92. The monoisotopic (exact) mass is 417 g/mol. The summed E-state index contributed by atoms with van der Waals surface area (Å²) in [7, 11) is 1.53. The molecule has 0 saturated carbocycles. The summed E-state index contributed by atoms with van der Waals surface area (Å²) in [5.74, 6) is 0.158. The number of para-hydroxylation sites is 2. The molecule has 8 heteroatoms. The third-order valence-electron chi connectivity index (χ3n) is 5.28. The van der Waals surface area contributed by atoms with E-state index in [4.69, 9.17) is 4.74 Å². The number of amides is 1. The average molecular weight is 417 g/mol. The van der Waals surface area contributed by atoms with Crippen LogP contribution in [0.15, 0.2) is 53.5 Å². The molecule has 2 aromatic heterocycles. The molecule has 2 heterocycles. The lowest BCUT2D eigenvalue weighted by atomic mass is 10.1. The van der Waals surface area contributed by atoms with Crippen LogP contribution >= 0.6 is 0 Å². The minimum Gasteiger partial charge on any atom is -0.495 e. The number of nitrogens with zero attached hydrogens (tertiary/aromatic N) is 4. The van der Waals surface area contributed by atoms with E-state index < -0.39 is 0 Å². The predicted molar refractivity (Wildman–Crippen MR) is 119 cm³/mol. The molecule has 8 nitrogen and oxygen atoms in total. The second-order valence-corrected chi connectivity index (χ2v) is 7.38. The van der Waals surface area contributed by atoms with Gasteiger partial charge in [0.15, 0.2) is 0 Å². The maximum absolute atomic E-state index is 13.2. The van der Waals surface area contributed by atoms with E-state index in [0.717, 1.165) is 16.8 Å². The Labute approximate surface area is 179 Å². The van der Waals surface area contributed by atoms with Crippen LogP contribution in [0.4, 0.5) is 5.69 Å². The van der Waals surface area contributed by atoms with Gasteiger partial charge in [0.05, 0.1) is 30.4 Å². The summed E-state index contributed by atoms with van der Waals surface area (Å²) >= 11 is 0. The van der Waals surface area contributed by atoms with E-state index in [0.29, 0.717) is 28.0 Å². The Morgan fingerprint density at radius 3 is 2.61 bits per heavy atom. The van der Waals surface area contributed by atoms with Crippen molar-refractivity contribution in [1.29, 1.82) is 0 Å². The van der Waals surface area contributed by atoms with Crippen molar-refractivity contribution in [3.8, 4) is 11.4 Å². The molecule has 1 N–H and O–H groups in total. The Morgan fingerprint density at radius 2 is 1.87 bits per heavy atom. The van der Waals surface area contributed by atoms with E-state index >= 15 is 0 Å². The zero-order chi connectivity index (χ0) is 22.1. The van der Waals surface area contributed by atoms with Gasteiger partial charge in [-0.25, -0.2) is 9.36 Å². The smallest absolute Gasteiger partial charge is 0.293 e. The van der Waals surface area contributed by atoms with Crippen molar-refractivity contribution in [1.82, 2.24) is 19.6 Å². The number of hydrogen-bond acceptors (Lipinski definition) is 5. The van der Waals surface area contributed by atoms with Gasteiger partial charge < -0.3 is 10.1 Å². The van der Waals surface area contributed by atoms with Crippen LogP contribution in [0.5, 0.6) is 5.75 Å². The lowest BCUT2D eigenvalue weighted by Crippen LogP contribution is -2.31. The lowest BCUT2D eigenvalue weighted by Gasteiger charge is -2.11. The number of fused-ring (bicyclic) bond motifs is 1. The molecule has 4 rings (SSSR count). The van der Waals surface area contributed by atoms with Gasteiger partial charge in [-0.1, -0.05) is 18.2 Å². The number of aromatic nitrogens is 4. The second kappa shape index (κ2) is 8.06. The quantitative estimate of drug-likeness (QED) is 0.539. The molecule has 158 valence electrons. The Morgan fingerprint density at radius 1 is 1.10 bits per heavy atom. The zero-order valence-electron chi connectivity index (χ0n) is 17.8. The van der Waals surface area contributed by atoms with Gasteiger partial charge in [0.1, 0.15) is 17.8 Å². The van der Waals surface area contributed by atoms with Gasteiger partial charge in [0, 0.05) is 5.39 Å². The highest BCUT2D eigenvalue weighted by Crippen LogP contribution is 2.23. The summed E-state index contributed by atoms with van der Waals surface area (Å²) in [6.45, 7) is 5.61. The largest absolute Gasteiger partial charge is 0.495 e. The molecule has 0 atom stereocenters. The van der Waals surface area contributed by atoms with Crippen molar-refractivity contribution >= 4 is 22.5 Å². The van der Waals surface area contributed by atoms with Gasteiger partial charge in [-0.2, -0.15) is 10.2 Å². The molecular formula is C23H23N5O3. The molecule has 0 fully saturated rings. The minimum atomic E-state index is -0.383. The Balaban J connectivity index is 1.72. The number of rotatable bonds is 5. The van der Waals surface area contributed by atoms with Crippen molar-refractivity contribution in [2.24, 2.45) is 0 Å². The van der Waals surface area contributed by atoms with E-state index in [-0.39, 0.29) is 18.0 Å². The minimum absolute atomic E-state index is 0.230. The van der Waals surface area contributed by atoms with Crippen LogP contribution in [-0.4, -0.2) is 32.6 Å². The molecule has 1 amide bonds. The van der Waals surface area contributed by atoms with Crippen LogP contribution in [0, 0.1) is 20.8 Å². The summed E-state index contributed by atoms with van der Waals surface area (Å²) in [4.78, 5) is 25.9. The fourth-order valence-electron chi connectivity index (χ4n) is 3.46. The number of hydrogen-bond donors (Lipinski definition) is 1. The van der Waals surface area contributed by atoms with E-state index in [9.17, 15) is 9.59 Å². The molecule has 0 saturated heterocycles. The molecule has 31 heavy (non-hydrogen) atoms. The van der Waals surface area contributed by atoms with E-state index in [2.05, 4.69) is 15.5 Å². The van der Waals surface area contributed by atoms with E-state index in [1.165, 1.54) is 11.8 Å². The van der Waals surface area contributed by atoms with Crippen molar-refractivity contribution in [2.75, 3.05) is 12.4 Å². The molecule has 0 spiro atoms. The molecule has 0 aliphatic carbocycles. The topological polar surface area (TPSA) is 91.0 Å². The van der Waals surface area contributed by atoms with Crippen molar-refractivity contribution in [3.63, 3.8) is 0 Å². The standard InChI is InChI=1S/C23H23N5O3/c1-14-9-10-17(11-15(14)2)28-22-18(12-24-28)16(3)26-27(23(22)30)13-21(29)25-19-7-5-6-8-20(19)31-4/h5-12H,13H2,1-4H3,(H,25,29). The summed E-state index contributed by atoms with van der Waals surface area (Å²) < 4.78 is 8.03. The maximum atomic E-state index is 13.2. The number of carbonyl (C=O) groups excluding carboxylic acids is 1. The number of carbonyl (C=O) groups is 1. The molecular weight excluding hydrogens is 394 g/mol. The van der Waals surface area contributed by atoms with Crippen molar-refractivity contribution in [3.05, 3.63) is 75.8 Å². The van der Waals surface area contributed by atoms with Crippen LogP contribution in [0.25, 0.3) is 16.6 Å². The van der Waals surface area contributed by atoms with Crippen molar-refractivity contribution < 1.29 is 9.53 Å². The van der Waals surface area contributed by atoms with Gasteiger partial charge in [0.2, 0.25) is 5.91 Å². The van der Waals surface area contributed by atoms with Gasteiger partial charge >= 0.3 is 0 Å². The summed E-state index contributed by atoms with van der Waals surface area (Å²) in [5.41, 5.74) is 4.20. The maximum Gasteiger partial charge on any atom is 0.293 e. The number of aryl methyl sites for hydroxylation is 3. The van der Waals surface area contributed by atoms with Crippen molar-refractivity contribution in [2.45, 2.75) is 27.3 Å². The molecule has 4 aromatic rings. The first-order chi connectivity index (χ1) is 14.9. The van der Waals surface area contributed by atoms with Crippen LogP contribution in [0.1, 0.15) is 16.8 Å². The first-order valence-electron chi connectivity index (χ1n) is 9.85. The second-order valence-electron chi connectivity index (χ2n) is 7.38. The molecule has 0 unspecified atom stereocenters. The van der Waals surface area contributed by atoms with E-state index in [1.807, 2.05) is 38.1 Å². The highest BCUT2D eigenvalue weighted by atomic mass is 16.5. The summed E-state index contributed by atoms with van der Waals surface area (Å²) in [5, 5.41) is 12.2. The normalized spacial score (nSPS) is 11.0. The Hall–Kier alpha value is -3.94. The average Bonchev–Trinajstić information content (AvgIpc) is 3.20. The third-order valence-corrected chi connectivity index (χ3v) is 5.28. The predicted octanol–water partition coefficient (Wildman–Crippen LogP) is 3.15. The highest BCUT2D eigenvalue weighted by Gasteiger charge is 2.17. The van der Waals surface area contributed by atoms with Gasteiger partial charge in [0.25, 0.3) is 5.56 Å². The first-order valence-corrected chi connectivity index (χ1v) is 9.85.